The molecule has 0 aliphatic rings. The number of nitrogens with one attached hydrogen (secondary N) is 4. The highest BCUT2D eigenvalue weighted by atomic mass is 32.1. The molecule has 9 nitrogen and oxygen atoms in total. The van der Waals surface area contributed by atoms with Crippen LogP contribution in [0.25, 0.3) is 32.9 Å². The van der Waals surface area contributed by atoms with E-state index in [4.69, 9.17) is 27.1 Å². The molecule has 0 unspecified atom stereocenters. The van der Waals surface area contributed by atoms with Gasteiger partial charge in [0.1, 0.15) is 11.2 Å². The molecular formula is C26H24N6O3S. The van der Waals surface area contributed by atoms with E-state index < -0.39 is 0 Å². The first-order valence-corrected chi connectivity index (χ1v) is 11.6. The van der Waals surface area contributed by atoms with Gasteiger partial charge in [0.2, 0.25) is 0 Å². The third kappa shape index (κ3) is 4.34. The highest BCUT2D eigenvalue weighted by Crippen LogP contribution is 2.30. The monoisotopic (exact) mass is 500 g/mol. The number of ether oxygens (including phenoxy) is 2. The molecule has 3 aromatic heterocycles. The van der Waals surface area contributed by atoms with Crippen molar-refractivity contribution in [3.63, 3.8) is 0 Å². The van der Waals surface area contributed by atoms with E-state index >= 15 is 0 Å². The Labute approximate surface area is 211 Å². The summed E-state index contributed by atoms with van der Waals surface area (Å²) in [5.74, 6) is 0.837. The number of carbonyl (C=O) groups excluding carboxylic acids is 1. The van der Waals surface area contributed by atoms with E-state index in [-0.39, 0.29) is 11.4 Å². The summed E-state index contributed by atoms with van der Waals surface area (Å²) < 4.78 is 12.7. The maximum absolute atomic E-state index is 12.8. The van der Waals surface area contributed by atoms with Crippen molar-refractivity contribution in [2.24, 2.45) is 0 Å². The molecule has 182 valence electrons. The zero-order valence-corrected chi connectivity index (χ0v) is 20.5. The van der Waals surface area contributed by atoms with Crippen molar-refractivity contribution < 1.29 is 14.3 Å². The van der Waals surface area contributed by atoms with E-state index in [1.807, 2.05) is 36.4 Å². The Hall–Kier alpha value is -4.44. The number of hydrogen-bond donors (Lipinski definition) is 4. The van der Waals surface area contributed by atoms with Crippen LogP contribution < -0.4 is 20.3 Å². The molecule has 0 radical (unpaired) electrons. The van der Waals surface area contributed by atoms with Gasteiger partial charge in [-0.3, -0.25) is 15.2 Å². The largest absolute Gasteiger partial charge is 0.493 e. The predicted octanol–water partition coefficient (Wildman–Crippen LogP) is 4.17. The van der Waals surface area contributed by atoms with Crippen molar-refractivity contribution in [3.05, 3.63) is 76.9 Å². The fourth-order valence-corrected chi connectivity index (χ4v) is 4.45. The van der Waals surface area contributed by atoms with E-state index in [9.17, 15) is 4.79 Å². The van der Waals surface area contributed by atoms with E-state index in [1.165, 1.54) is 0 Å². The molecule has 1 amide bonds. The summed E-state index contributed by atoms with van der Waals surface area (Å²) in [6.45, 7) is 0.623. The number of benzene rings is 2. The zero-order valence-electron chi connectivity index (χ0n) is 19.7. The van der Waals surface area contributed by atoms with Crippen molar-refractivity contribution in [1.29, 1.82) is 5.41 Å². The van der Waals surface area contributed by atoms with Gasteiger partial charge in [0.15, 0.2) is 16.3 Å². The Morgan fingerprint density at radius 2 is 1.86 bits per heavy atom. The highest BCUT2D eigenvalue weighted by Gasteiger charge is 2.12. The average Bonchev–Trinajstić information content (AvgIpc) is 3.34. The summed E-state index contributed by atoms with van der Waals surface area (Å²) >= 11 is 5.47. The van der Waals surface area contributed by atoms with Crippen molar-refractivity contribution >= 4 is 39.9 Å². The summed E-state index contributed by atoms with van der Waals surface area (Å²) in [7, 11) is 3.10. The van der Waals surface area contributed by atoms with Crippen LogP contribution in [-0.2, 0) is 6.54 Å². The average molecular weight is 501 g/mol. The molecule has 0 atom stereocenters. The number of hydrogen-bond acceptors (Lipinski definition) is 6. The van der Waals surface area contributed by atoms with Crippen LogP contribution in [0.15, 0.2) is 60.9 Å². The fraction of sp³-hybridized carbons (Fsp3) is 0.154. The Morgan fingerprint density at radius 1 is 1.06 bits per heavy atom. The number of aromatic amines is 2. The quantitative estimate of drug-likeness (QED) is 0.250. The fourth-order valence-electron chi connectivity index (χ4n) is 4.16. The van der Waals surface area contributed by atoms with Gasteiger partial charge in [-0.15, -0.1) is 0 Å². The first kappa shape index (κ1) is 23.3. The molecule has 4 N–H and O–H groups in total. The first-order chi connectivity index (χ1) is 17.5. The van der Waals surface area contributed by atoms with E-state index in [0.29, 0.717) is 46.0 Å². The first-order valence-electron chi connectivity index (χ1n) is 11.2. The van der Waals surface area contributed by atoms with Crippen molar-refractivity contribution in [1.82, 2.24) is 24.8 Å². The van der Waals surface area contributed by atoms with Gasteiger partial charge in [-0.2, -0.15) is 0 Å². The van der Waals surface area contributed by atoms with Gasteiger partial charge in [0.25, 0.3) is 5.91 Å². The van der Waals surface area contributed by atoms with E-state index in [0.717, 1.165) is 22.0 Å². The second kappa shape index (κ2) is 9.67. The number of rotatable bonds is 7. The van der Waals surface area contributed by atoms with Gasteiger partial charge < -0.3 is 29.3 Å². The molecule has 2 aromatic carbocycles. The number of fused-ring (bicyclic) bond motifs is 2. The Morgan fingerprint density at radius 3 is 2.61 bits per heavy atom. The highest BCUT2D eigenvalue weighted by molar-refractivity contribution is 7.71. The Balaban J connectivity index is 1.33. The maximum atomic E-state index is 12.8. The summed E-state index contributed by atoms with van der Waals surface area (Å²) in [5, 5.41) is 13.1. The Bertz CT molecular complexity index is 1700. The molecule has 0 fully saturated rings. The summed E-state index contributed by atoms with van der Waals surface area (Å²) in [6.07, 6.45) is 3.54. The van der Waals surface area contributed by atoms with Crippen molar-refractivity contribution in [2.45, 2.75) is 6.54 Å². The minimum atomic E-state index is -0.233. The molecule has 3 heterocycles. The van der Waals surface area contributed by atoms with Crippen LogP contribution in [-0.4, -0.2) is 46.2 Å². The van der Waals surface area contributed by atoms with Gasteiger partial charge in [-0.1, -0.05) is 18.2 Å². The smallest absolute Gasteiger partial charge is 0.267 e. The molecule has 10 heteroatoms. The molecule has 5 rings (SSSR count). The van der Waals surface area contributed by atoms with Crippen LogP contribution in [0.1, 0.15) is 10.5 Å². The molecule has 0 saturated heterocycles. The summed E-state index contributed by atoms with van der Waals surface area (Å²) in [4.78, 5) is 23.3. The molecule has 5 aromatic rings. The van der Waals surface area contributed by atoms with Gasteiger partial charge >= 0.3 is 0 Å². The number of carbonyl (C=O) groups is 1. The van der Waals surface area contributed by atoms with E-state index in [2.05, 4.69) is 20.3 Å². The lowest BCUT2D eigenvalue weighted by Gasteiger charge is -2.13. The molecule has 0 spiro atoms. The number of nitrogens with zero attached hydrogens (tertiary/aromatic N) is 2. The number of pyridine rings is 1. The van der Waals surface area contributed by atoms with Crippen molar-refractivity contribution in [2.75, 3.05) is 20.8 Å². The summed E-state index contributed by atoms with van der Waals surface area (Å²) in [5.41, 5.74) is 4.24. The number of H-pyrrole nitrogens is 2. The SMILES string of the molecule is COc1cc2[nH]c(=S)n(CCNC(=O)c3cc4ccc(-c5cccnc5)cc4[nH]3)c(=N)c2cc1OC. The molecule has 0 saturated carbocycles. The molecule has 0 bridgehead atoms. The third-order valence-corrected chi connectivity index (χ3v) is 6.34. The van der Waals surface area contributed by atoms with Crippen LogP contribution >= 0.6 is 12.2 Å². The normalized spacial score (nSPS) is 11.1. The van der Waals surface area contributed by atoms with Gasteiger partial charge in [0, 0.05) is 53.4 Å². The van der Waals surface area contributed by atoms with Crippen LogP contribution in [0.3, 0.4) is 0 Å². The van der Waals surface area contributed by atoms with E-state index in [1.54, 1.807) is 43.3 Å². The second-order valence-corrected chi connectivity index (χ2v) is 8.55. The van der Waals surface area contributed by atoms with Crippen molar-refractivity contribution in [3.8, 4) is 22.6 Å². The van der Waals surface area contributed by atoms with Gasteiger partial charge in [-0.25, -0.2) is 0 Å². The number of amides is 1. The van der Waals surface area contributed by atoms with Crippen LogP contribution in [0.2, 0.25) is 0 Å². The van der Waals surface area contributed by atoms with Crippen LogP contribution in [0.5, 0.6) is 11.5 Å². The number of methoxy groups -OCH3 is 2. The Kier molecular flexibility index (Phi) is 6.26. The van der Waals surface area contributed by atoms with Crippen LogP contribution in [0, 0.1) is 10.2 Å². The molecule has 0 aliphatic heterocycles. The zero-order chi connectivity index (χ0) is 25.2. The van der Waals surface area contributed by atoms with Crippen LogP contribution in [0.4, 0.5) is 0 Å². The molecular weight excluding hydrogens is 476 g/mol. The van der Waals surface area contributed by atoms with Gasteiger partial charge in [0.05, 0.1) is 19.7 Å². The summed E-state index contributed by atoms with van der Waals surface area (Å²) in [6, 6.07) is 15.2. The molecule has 36 heavy (non-hydrogen) atoms. The standard InChI is InChI=1S/C26H24N6O3S/c1-34-22-12-18-20(13-23(22)35-2)31-26(36)32(24(18)27)9-8-29-25(33)21-11-16-6-5-15(10-19(16)30-21)17-4-3-7-28-14-17/h3-7,10-14,27,30H,8-9H2,1-2H3,(H,29,33)(H,31,36). The minimum Gasteiger partial charge on any atom is -0.493 e. The molecule has 0 aliphatic carbocycles. The maximum Gasteiger partial charge on any atom is 0.267 e. The lowest BCUT2D eigenvalue weighted by molar-refractivity contribution is 0.0948. The lowest BCUT2D eigenvalue weighted by atomic mass is 10.1. The lowest BCUT2D eigenvalue weighted by Crippen LogP contribution is -2.32. The minimum absolute atomic E-state index is 0.220. The number of aromatic nitrogens is 4. The van der Waals surface area contributed by atoms with Gasteiger partial charge in [-0.05, 0) is 42.0 Å². The second-order valence-electron chi connectivity index (χ2n) is 8.17. The predicted molar refractivity (Wildman–Crippen MR) is 140 cm³/mol. The topological polar surface area (TPSA) is 121 Å². The third-order valence-electron chi connectivity index (χ3n) is 6.02.